The zero-order valence-electron chi connectivity index (χ0n) is 15.7. The van der Waals surface area contributed by atoms with E-state index in [1.54, 1.807) is 11.8 Å². The minimum atomic E-state index is -0.0239. The van der Waals surface area contributed by atoms with Crippen LogP contribution in [0.15, 0.2) is 24.3 Å². The van der Waals surface area contributed by atoms with Crippen molar-refractivity contribution < 1.29 is 9.53 Å². The molecule has 1 aliphatic rings. The van der Waals surface area contributed by atoms with Crippen LogP contribution in [-0.2, 0) is 0 Å². The topological polar surface area (TPSA) is 72.3 Å². The zero-order valence-corrected chi connectivity index (χ0v) is 15.7. The summed E-state index contributed by atoms with van der Waals surface area (Å²) >= 11 is 0. The fraction of sp³-hybridized carbons (Fsp3) is 0.526. The molecule has 1 aromatic heterocycles. The van der Waals surface area contributed by atoms with Crippen molar-refractivity contribution in [3.05, 3.63) is 35.7 Å². The van der Waals surface area contributed by atoms with E-state index in [1.165, 1.54) is 0 Å². The van der Waals surface area contributed by atoms with Crippen LogP contribution in [0.1, 0.15) is 35.9 Å². The third-order valence-electron chi connectivity index (χ3n) is 5.00. The second kappa shape index (κ2) is 8.31. The molecule has 2 heterocycles. The Labute approximate surface area is 154 Å². The average molecular weight is 357 g/mol. The van der Waals surface area contributed by atoms with Crippen LogP contribution in [0.2, 0.25) is 0 Å². The number of nitrogens with zero attached hydrogens (tertiary/aromatic N) is 4. The van der Waals surface area contributed by atoms with Gasteiger partial charge in [0.2, 0.25) is 0 Å². The minimum absolute atomic E-state index is 0.0239. The van der Waals surface area contributed by atoms with Crippen molar-refractivity contribution in [2.75, 3.05) is 33.3 Å². The highest BCUT2D eigenvalue weighted by molar-refractivity contribution is 5.93. The molecule has 1 aromatic carbocycles. The molecule has 140 valence electrons. The Morgan fingerprint density at radius 2 is 1.96 bits per heavy atom. The first kappa shape index (κ1) is 18.4. The average Bonchev–Trinajstić information content (AvgIpc) is 3.07. The van der Waals surface area contributed by atoms with Gasteiger partial charge in [-0.3, -0.25) is 4.79 Å². The number of piperidine rings is 1. The summed E-state index contributed by atoms with van der Waals surface area (Å²) in [6.07, 6.45) is 2.06. The monoisotopic (exact) mass is 357 g/mol. The lowest BCUT2D eigenvalue weighted by atomic mass is 9.96. The van der Waals surface area contributed by atoms with Crippen molar-refractivity contribution in [1.29, 1.82) is 0 Å². The highest BCUT2D eigenvalue weighted by atomic mass is 16.5. The van der Waals surface area contributed by atoms with E-state index in [9.17, 15) is 4.79 Å². The third-order valence-corrected chi connectivity index (χ3v) is 5.00. The van der Waals surface area contributed by atoms with Crippen LogP contribution < -0.4 is 10.1 Å². The predicted octanol–water partition coefficient (Wildman–Crippen LogP) is 2.05. The number of hydrogen-bond acceptors (Lipinski definition) is 5. The lowest BCUT2D eigenvalue weighted by Gasteiger charge is -2.31. The summed E-state index contributed by atoms with van der Waals surface area (Å²) in [6.45, 7) is 7.59. The normalized spacial score (nSPS) is 15.3. The predicted molar refractivity (Wildman–Crippen MR) is 99.8 cm³/mol. The van der Waals surface area contributed by atoms with E-state index < -0.39 is 0 Å². The summed E-state index contributed by atoms with van der Waals surface area (Å²) in [4.78, 5) is 14.8. The van der Waals surface area contributed by atoms with Gasteiger partial charge in [-0.1, -0.05) is 12.1 Å². The Hall–Kier alpha value is -2.41. The van der Waals surface area contributed by atoms with Gasteiger partial charge in [0.15, 0.2) is 5.69 Å². The molecule has 26 heavy (non-hydrogen) atoms. The van der Waals surface area contributed by atoms with Crippen LogP contribution in [0.4, 0.5) is 0 Å². The van der Waals surface area contributed by atoms with Gasteiger partial charge in [0.05, 0.1) is 18.5 Å². The van der Waals surface area contributed by atoms with E-state index in [4.69, 9.17) is 4.74 Å². The van der Waals surface area contributed by atoms with E-state index in [2.05, 4.69) is 22.6 Å². The van der Waals surface area contributed by atoms with Crippen LogP contribution >= 0.6 is 0 Å². The Balaban J connectivity index is 1.68. The van der Waals surface area contributed by atoms with E-state index in [0.717, 1.165) is 56.2 Å². The van der Waals surface area contributed by atoms with Crippen molar-refractivity contribution in [1.82, 2.24) is 25.2 Å². The minimum Gasteiger partial charge on any atom is -0.497 e. The number of likely N-dealkylation sites (tertiary alicyclic amines) is 1. The number of ether oxygens (including phenoxy) is 1. The smallest absolute Gasteiger partial charge is 0.276 e. The number of benzene rings is 1. The fourth-order valence-corrected chi connectivity index (χ4v) is 3.33. The van der Waals surface area contributed by atoms with Gasteiger partial charge in [0.25, 0.3) is 5.91 Å². The van der Waals surface area contributed by atoms with Crippen molar-refractivity contribution in [3.8, 4) is 11.4 Å². The molecule has 7 nitrogen and oxygen atoms in total. The Bertz CT molecular complexity index is 733. The van der Waals surface area contributed by atoms with E-state index in [-0.39, 0.29) is 5.91 Å². The van der Waals surface area contributed by atoms with Crippen molar-refractivity contribution >= 4 is 5.91 Å². The summed E-state index contributed by atoms with van der Waals surface area (Å²) in [5, 5.41) is 11.7. The molecule has 1 amide bonds. The first-order chi connectivity index (χ1) is 12.6. The largest absolute Gasteiger partial charge is 0.497 e. The molecule has 0 unspecified atom stereocenters. The van der Waals surface area contributed by atoms with Crippen LogP contribution in [0.5, 0.6) is 5.75 Å². The number of rotatable bonds is 6. The van der Waals surface area contributed by atoms with Gasteiger partial charge in [-0.25, -0.2) is 4.68 Å². The lowest BCUT2D eigenvalue weighted by Crippen LogP contribution is -2.41. The van der Waals surface area contributed by atoms with Gasteiger partial charge in [0, 0.05) is 13.1 Å². The number of carbonyl (C=O) groups excluding carboxylic acids is 1. The Kier molecular flexibility index (Phi) is 5.88. The number of nitrogens with one attached hydrogen (secondary N) is 1. The van der Waals surface area contributed by atoms with Crippen LogP contribution in [0, 0.1) is 12.8 Å². The zero-order chi connectivity index (χ0) is 18.5. The maximum absolute atomic E-state index is 12.9. The van der Waals surface area contributed by atoms with Gasteiger partial charge < -0.3 is 15.0 Å². The first-order valence-corrected chi connectivity index (χ1v) is 9.20. The summed E-state index contributed by atoms with van der Waals surface area (Å²) < 4.78 is 6.88. The highest BCUT2D eigenvalue weighted by Gasteiger charge is 2.27. The molecule has 1 aliphatic heterocycles. The summed E-state index contributed by atoms with van der Waals surface area (Å²) in [6, 6.07) is 7.54. The maximum Gasteiger partial charge on any atom is 0.276 e. The molecule has 0 bridgehead atoms. The van der Waals surface area contributed by atoms with Gasteiger partial charge in [-0.2, -0.15) is 0 Å². The number of hydrogen-bond donors (Lipinski definition) is 1. The SMILES string of the molecule is CCNCC1CCN(C(=O)c2nnn(-c3ccc(OC)cc3)c2C)CC1. The standard InChI is InChI=1S/C19H27N5O2/c1-4-20-13-15-9-11-23(12-10-15)19(25)18-14(2)24(22-21-18)16-5-7-17(26-3)8-6-16/h5-8,15,20H,4,9-13H2,1-3H3. The second-order valence-electron chi connectivity index (χ2n) is 6.68. The molecule has 0 saturated carbocycles. The van der Waals surface area contributed by atoms with Crippen molar-refractivity contribution in [3.63, 3.8) is 0 Å². The van der Waals surface area contributed by atoms with E-state index in [0.29, 0.717) is 11.6 Å². The molecule has 7 heteroatoms. The third kappa shape index (κ3) is 3.88. The summed E-state index contributed by atoms with van der Waals surface area (Å²) in [7, 11) is 1.63. The van der Waals surface area contributed by atoms with Crippen LogP contribution in [0.25, 0.3) is 5.69 Å². The van der Waals surface area contributed by atoms with E-state index >= 15 is 0 Å². The molecule has 0 spiro atoms. The summed E-state index contributed by atoms with van der Waals surface area (Å²) in [5.41, 5.74) is 2.06. The second-order valence-corrected chi connectivity index (χ2v) is 6.68. The molecular weight excluding hydrogens is 330 g/mol. The number of methoxy groups -OCH3 is 1. The molecule has 1 saturated heterocycles. The molecule has 1 N–H and O–H groups in total. The molecule has 1 fully saturated rings. The van der Waals surface area contributed by atoms with Crippen LogP contribution in [-0.4, -0.2) is 59.1 Å². The Morgan fingerprint density at radius 1 is 1.27 bits per heavy atom. The number of carbonyl (C=O) groups is 1. The molecular formula is C19H27N5O2. The first-order valence-electron chi connectivity index (χ1n) is 9.20. The van der Waals surface area contributed by atoms with E-state index in [1.807, 2.05) is 36.1 Å². The van der Waals surface area contributed by atoms with Gasteiger partial charge in [0.1, 0.15) is 5.75 Å². The molecule has 0 radical (unpaired) electrons. The van der Waals surface area contributed by atoms with Gasteiger partial charge in [-0.05, 0) is 63.0 Å². The van der Waals surface area contributed by atoms with Gasteiger partial charge in [-0.15, -0.1) is 5.10 Å². The molecule has 0 atom stereocenters. The lowest BCUT2D eigenvalue weighted by molar-refractivity contribution is 0.0683. The van der Waals surface area contributed by atoms with Crippen molar-refractivity contribution in [2.45, 2.75) is 26.7 Å². The van der Waals surface area contributed by atoms with Crippen LogP contribution in [0.3, 0.4) is 0 Å². The molecule has 2 aromatic rings. The van der Waals surface area contributed by atoms with Crippen molar-refractivity contribution in [2.24, 2.45) is 5.92 Å². The maximum atomic E-state index is 12.9. The quantitative estimate of drug-likeness (QED) is 0.857. The number of amides is 1. The molecule has 0 aliphatic carbocycles. The highest BCUT2D eigenvalue weighted by Crippen LogP contribution is 2.21. The summed E-state index contributed by atoms with van der Waals surface area (Å²) in [5.74, 6) is 1.41. The fourth-order valence-electron chi connectivity index (χ4n) is 3.33. The Morgan fingerprint density at radius 3 is 2.58 bits per heavy atom. The number of aromatic nitrogens is 3. The van der Waals surface area contributed by atoms with Gasteiger partial charge >= 0.3 is 0 Å². The molecule has 3 rings (SSSR count).